The van der Waals surface area contributed by atoms with E-state index in [0.29, 0.717) is 12.5 Å². The van der Waals surface area contributed by atoms with E-state index < -0.39 is 0 Å². The zero-order valence-corrected chi connectivity index (χ0v) is 20.6. The van der Waals surface area contributed by atoms with Gasteiger partial charge in [-0.15, -0.1) is 0 Å². The first-order valence-electron chi connectivity index (χ1n) is 12.5. The fourth-order valence-electron chi connectivity index (χ4n) is 4.99. The third kappa shape index (κ3) is 6.57. The molecule has 5 nitrogen and oxygen atoms in total. The molecule has 1 aromatic heterocycles. The molecule has 1 fully saturated rings. The Morgan fingerprint density at radius 2 is 1.82 bits per heavy atom. The molecule has 1 unspecified atom stereocenters. The molecule has 0 spiro atoms. The maximum atomic E-state index is 12.9. The Morgan fingerprint density at radius 3 is 2.53 bits per heavy atom. The second-order valence-corrected chi connectivity index (χ2v) is 9.73. The lowest BCUT2D eigenvalue weighted by Gasteiger charge is -2.33. The van der Waals surface area contributed by atoms with Gasteiger partial charge in [-0.1, -0.05) is 35.9 Å². The molecule has 4 rings (SSSR count). The summed E-state index contributed by atoms with van der Waals surface area (Å²) in [6.45, 7) is 11.8. The largest absolute Gasteiger partial charge is 0.371 e. The Morgan fingerprint density at radius 1 is 1.12 bits per heavy atom. The fraction of sp³-hybridized carbons (Fsp3) is 0.448. The number of aryl methyl sites for hydroxylation is 2. The molecule has 1 atom stereocenters. The normalized spacial score (nSPS) is 19.1. The molecule has 5 heteroatoms. The van der Waals surface area contributed by atoms with Crippen molar-refractivity contribution >= 4 is 11.6 Å². The summed E-state index contributed by atoms with van der Waals surface area (Å²) >= 11 is 0. The van der Waals surface area contributed by atoms with E-state index in [2.05, 4.69) is 66.0 Å². The third-order valence-electron chi connectivity index (χ3n) is 6.93. The number of hydrogen-bond acceptors (Lipinski definition) is 4. The standard InChI is InChI=1S/C29H37N3O2/c1-21-16-22(2)18-25(17-21)10-15-34-28-19-26(5-4-23(28)3)29(33)31-20-24-8-13-32(14-9-24)27-6-11-30-12-7-27/h6-7,11-12,16-19,24,28H,3-5,8-10,13-15,20H2,1-2H3,(H,31,33). The summed E-state index contributed by atoms with van der Waals surface area (Å²) < 4.78 is 6.14. The van der Waals surface area contributed by atoms with Crippen molar-refractivity contribution in [3.05, 3.63) is 83.2 Å². The molecule has 1 N–H and O–H groups in total. The van der Waals surface area contributed by atoms with Crippen molar-refractivity contribution in [1.29, 1.82) is 0 Å². The highest BCUT2D eigenvalue weighted by molar-refractivity contribution is 5.93. The van der Waals surface area contributed by atoms with Crippen molar-refractivity contribution in [3.63, 3.8) is 0 Å². The number of aromatic nitrogens is 1. The van der Waals surface area contributed by atoms with Crippen molar-refractivity contribution < 1.29 is 9.53 Å². The topological polar surface area (TPSA) is 54.5 Å². The van der Waals surface area contributed by atoms with E-state index in [1.54, 1.807) is 0 Å². The highest BCUT2D eigenvalue weighted by Gasteiger charge is 2.24. The van der Waals surface area contributed by atoms with Crippen LogP contribution in [0.2, 0.25) is 0 Å². The van der Waals surface area contributed by atoms with E-state index >= 15 is 0 Å². The summed E-state index contributed by atoms with van der Waals surface area (Å²) in [5.41, 5.74) is 6.96. The number of ether oxygens (including phenoxy) is 1. The molecule has 2 heterocycles. The first-order valence-corrected chi connectivity index (χ1v) is 12.5. The maximum absolute atomic E-state index is 12.9. The van der Waals surface area contributed by atoms with E-state index in [1.807, 2.05) is 18.5 Å². The molecule has 1 saturated heterocycles. The molecular weight excluding hydrogens is 422 g/mol. The van der Waals surface area contributed by atoms with Gasteiger partial charge in [0, 0.05) is 43.3 Å². The lowest BCUT2D eigenvalue weighted by molar-refractivity contribution is -0.118. The second kappa shape index (κ2) is 11.5. The van der Waals surface area contributed by atoms with Crippen LogP contribution in [0.25, 0.3) is 0 Å². The molecule has 180 valence electrons. The number of anilines is 1. The number of benzene rings is 1. The monoisotopic (exact) mass is 459 g/mol. The number of amides is 1. The third-order valence-corrected chi connectivity index (χ3v) is 6.93. The number of nitrogens with zero attached hydrogens (tertiary/aromatic N) is 2. The van der Waals surface area contributed by atoms with E-state index in [9.17, 15) is 4.79 Å². The van der Waals surface area contributed by atoms with Crippen LogP contribution in [-0.2, 0) is 16.0 Å². The number of carbonyl (C=O) groups excluding carboxylic acids is 1. The highest BCUT2D eigenvalue weighted by Crippen LogP contribution is 2.26. The van der Waals surface area contributed by atoms with Gasteiger partial charge in [0.05, 0.1) is 12.7 Å². The maximum Gasteiger partial charge on any atom is 0.247 e. The summed E-state index contributed by atoms with van der Waals surface area (Å²) in [4.78, 5) is 19.4. The number of rotatable bonds is 8. The number of carbonyl (C=O) groups is 1. The molecule has 0 radical (unpaired) electrons. The first kappa shape index (κ1) is 24.2. The minimum Gasteiger partial charge on any atom is -0.371 e. The van der Waals surface area contributed by atoms with Crippen LogP contribution in [0, 0.1) is 19.8 Å². The average molecular weight is 460 g/mol. The summed E-state index contributed by atoms with van der Waals surface area (Å²) in [7, 11) is 0. The van der Waals surface area contributed by atoms with Crippen LogP contribution < -0.4 is 10.2 Å². The van der Waals surface area contributed by atoms with Gasteiger partial charge >= 0.3 is 0 Å². The van der Waals surface area contributed by atoms with Gasteiger partial charge in [0.25, 0.3) is 0 Å². The van der Waals surface area contributed by atoms with E-state index in [0.717, 1.165) is 62.9 Å². The SMILES string of the molecule is C=C1CCC(C(=O)NCC2CCN(c3ccncc3)CC2)=CC1OCCc1cc(C)cc(C)c1. The molecule has 2 aromatic rings. The second-order valence-electron chi connectivity index (χ2n) is 9.73. The van der Waals surface area contributed by atoms with Crippen LogP contribution in [0.3, 0.4) is 0 Å². The fourth-order valence-corrected chi connectivity index (χ4v) is 4.99. The van der Waals surface area contributed by atoms with Crippen LogP contribution in [0.1, 0.15) is 42.4 Å². The zero-order valence-electron chi connectivity index (χ0n) is 20.6. The molecule has 0 bridgehead atoms. The Balaban J connectivity index is 1.23. The van der Waals surface area contributed by atoms with Gasteiger partial charge < -0.3 is 15.0 Å². The molecule has 1 aliphatic heterocycles. The van der Waals surface area contributed by atoms with Gasteiger partial charge in [0.2, 0.25) is 5.91 Å². The Bertz CT molecular complexity index is 1000. The Labute approximate surface area is 203 Å². The van der Waals surface area contributed by atoms with Gasteiger partial charge in [-0.25, -0.2) is 0 Å². The molecule has 0 saturated carbocycles. The summed E-state index contributed by atoms with van der Waals surface area (Å²) in [5.74, 6) is 0.568. The molecule has 2 aliphatic rings. The Hall–Kier alpha value is -2.92. The first-order chi connectivity index (χ1) is 16.5. The lowest BCUT2D eigenvalue weighted by Crippen LogP contribution is -2.39. The van der Waals surface area contributed by atoms with Crippen LogP contribution in [0.5, 0.6) is 0 Å². The van der Waals surface area contributed by atoms with Crippen LogP contribution in [-0.4, -0.2) is 43.2 Å². The van der Waals surface area contributed by atoms with E-state index in [-0.39, 0.29) is 12.0 Å². The van der Waals surface area contributed by atoms with Gasteiger partial charge in [-0.05, 0) is 81.2 Å². The smallest absolute Gasteiger partial charge is 0.247 e. The Kier molecular flexibility index (Phi) is 8.17. The number of piperidine rings is 1. The zero-order chi connectivity index (χ0) is 23.9. The highest BCUT2D eigenvalue weighted by atomic mass is 16.5. The molecule has 1 amide bonds. The predicted octanol–water partition coefficient (Wildman–Crippen LogP) is 4.94. The predicted molar refractivity (Wildman–Crippen MR) is 138 cm³/mol. The van der Waals surface area contributed by atoms with Gasteiger partial charge in [-0.2, -0.15) is 0 Å². The number of nitrogens with one attached hydrogen (secondary N) is 1. The molecular formula is C29H37N3O2. The van der Waals surface area contributed by atoms with Gasteiger partial charge in [0.15, 0.2) is 0 Å². The van der Waals surface area contributed by atoms with Crippen molar-refractivity contribution in [2.24, 2.45) is 5.92 Å². The van der Waals surface area contributed by atoms with Crippen molar-refractivity contribution in [1.82, 2.24) is 10.3 Å². The molecule has 34 heavy (non-hydrogen) atoms. The minimum atomic E-state index is -0.177. The number of pyridine rings is 1. The summed E-state index contributed by atoms with van der Waals surface area (Å²) in [5, 5.41) is 3.19. The lowest BCUT2D eigenvalue weighted by atomic mass is 9.92. The molecule has 1 aromatic carbocycles. The minimum absolute atomic E-state index is 0.0481. The summed E-state index contributed by atoms with van der Waals surface area (Å²) in [6.07, 6.45) is 10.1. The summed E-state index contributed by atoms with van der Waals surface area (Å²) in [6, 6.07) is 10.7. The molecule has 1 aliphatic carbocycles. The van der Waals surface area contributed by atoms with Crippen molar-refractivity contribution in [2.45, 2.75) is 52.1 Å². The van der Waals surface area contributed by atoms with Crippen LogP contribution in [0.4, 0.5) is 5.69 Å². The average Bonchev–Trinajstić information content (AvgIpc) is 2.84. The number of hydrogen-bond donors (Lipinski definition) is 1. The van der Waals surface area contributed by atoms with Crippen LogP contribution in [0.15, 0.2) is 66.5 Å². The van der Waals surface area contributed by atoms with Gasteiger partial charge in [-0.3, -0.25) is 9.78 Å². The van der Waals surface area contributed by atoms with Gasteiger partial charge in [0.1, 0.15) is 0 Å². The van der Waals surface area contributed by atoms with Crippen molar-refractivity contribution in [3.8, 4) is 0 Å². The van der Waals surface area contributed by atoms with E-state index in [4.69, 9.17) is 4.74 Å². The van der Waals surface area contributed by atoms with Crippen molar-refractivity contribution in [2.75, 3.05) is 31.1 Å². The van der Waals surface area contributed by atoms with E-state index in [1.165, 1.54) is 22.4 Å². The quantitative estimate of drug-likeness (QED) is 0.569. The van der Waals surface area contributed by atoms with Crippen LogP contribution >= 0.6 is 0 Å².